The molecule has 112 valence electrons. The minimum Gasteiger partial charge on any atom is -0.348 e. The first-order valence-corrected chi connectivity index (χ1v) is 7.52. The number of H-pyrrole nitrogens is 2. The van der Waals surface area contributed by atoms with E-state index in [1.165, 1.54) is 11.3 Å². The predicted molar refractivity (Wildman–Crippen MR) is 79.2 cm³/mol. The van der Waals surface area contributed by atoms with Crippen molar-refractivity contribution in [1.29, 1.82) is 0 Å². The van der Waals surface area contributed by atoms with Gasteiger partial charge in [-0.05, 0) is 31.7 Å². The van der Waals surface area contributed by atoms with E-state index < -0.39 is 0 Å². The van der Waals surface area contributed by atoms with Crippen LogP contribution in [-0.2, 0) is 6.42 Å². The quantitative estimate of drug-likeness (QED) is 0.906. The van der Waals surface area contributed by atoms with Gasteiger partial charge in [-0.15, -0.1) is 0 Å². The van der Waals surface area contributed by atoms with E-state index in [4.69, 9.17) is 0 Å². The van der Waals surface area contributed by atoms with Crippen LogP contribution in [0.15, 0.2) is 12.5 Å². The molecule has 3 heterocycles. The van der Waals surface area contributed by atoms with Crippen LogP contribution in [0.3, 0.4) is 0 Å². The third-order valence-corrected chi connectivity index (χ3v) is 4.28. The van der Waals surface area contributed by atoms with Crippen LogP contribution in [0.5, 0.6) is 0 Å². The minimum atomic E-state index is 0.0241. The Labute approximate surface area is 124 Å². The Bertz CT molecular complexity index is 630. The second-order valence-corrected chi connectivity index (χ2v) is 5.63. The molecule has 0 bridgehead atoms. The molecule has 1 atom stereocenters. The fraction of sp³-hybridized carbons (Fsp3) is 0.533. The van der Waals surface area contributed by atoms with Gasteiger partial charge < -0.3 is 9.88 Å². The number of carbonyl (C=O) groups is 1. The van der Waals surface area contributed by atoms with Crippen LogP contribution in [0.2, 0.25) is 0 Å². The molecule has 6 heteroatoms. The first kappa shape index (κ1) is 13.9. The molecule has 1 aliphatic heterocycles. The van der Waals surface area contributed by atoms with Crippen molar-refractivity contribution in [3.05, 3.63) is 35.2 Å². The Morgan fingerprint density at radius 3 is 3.10 bits per heavy atom. The number of imidazole rings is 1. The van der Waals surface area contributed by atoms with Crippen molar-refractivity contribution in [3.8, 4) is 0 Å². The number of hydrogen-bond donors (Lipinski definition) is 2. The fourth-order valence-corrected chi connectivity index (χ4v) is 3.08. The van der Waals surface area contributed by atoms with E-state index in [9.17, 15) is 4.79 Å². The molecule has 0 aromatic carbocycles. The van der Waals surface area contributed by atoms with Gasteiger partial charge in [0.15, 0.2) is 0 Å². The first-order chi connectivity index (χ1) is 10.2. The minimum absolute atomic E-state index is 0.0241. The number of carbonyl (C=O) groups excluding carboxylic acids is 1. The number of aryl methyl sites for hydroxylation is 2. The van der Waals surface area contributed by atoms with E-state index in [2.05, 4.69) is 27.1 Å². The van der Waals surface area contributed by atoms with Gasteiger partial charge in [0, 0.05) is 30.4 Å². The summed E-state index contributed by atoms with van der Waals surface area (Å²) < 4.78 is 0. The van der Waals surface area contributed by atoms with Crippen molar-refractivity contribution in [1.82, 2.24) is 25.1 Å². The normalized spacial score (nSPS) is 19.0. The van der Waals surface area contributed by atoms with Crippen LogP contribution in [0.4, 0.5) is 0 Å². The number of amides is 1. The highest BCUT2D eigenvalue weighted by molar-refractivity contribution is 5.93. The van der Waals surface area contributed by atoms with E-state index in [0.29, 0.717) is 11.6 Å². The van der Waals surface area contributed by atoms with Crippen LogP contribution in [0.1, 0.15) is 53.1 Å². The van der Waals surface area contributed by atoms with Crippen molar-refractivity contribution >= 4 is 5.91 Å². The highest BCUT2D eigenvalue weighted by Gasteiger charge is 2.28. The molecule has 0 radical (unpaired) electrons. The van der Waals surface area contributed by atoms with Gasteiger partial charge in [-0.2, -0.15) is 5.10 Å². The Hall–Kier alpha value is -2.11. The molecule has 1 saturated heterocycles. The molecule has 0 aliphatic carbocycles. The van der Waals surface area contributed by atoms with Crippen LogP contribution in [-0.4, -0.2) is 44.1 Å². The lowest BCUT2D eigenvalue weighted by molar-refractivity contribution is 0.0699. The van der Waals surface area contributed by atoms with Crippen LogP contribution in [0.25, 0.3) is 0 Å². The molecule has 1 aliphatic rings. The molecule has 2 aromatic rings. The summed E-state index contributed by atoms with van der Waals surface area (Å²) in [6.45, 7) is 5.55. The molecular weight excluding hydrogens is 266 g/mol. The molecular formula is C15H21N5O. The Kier molecular flexibility index (Phi) is 3.77. The largest absolute Gasteiger partial charge is 0.348 e. The predicted octanol–water partition coefficient (Wildman–Crippen LogP) is 2.02. The van der Waals surface area contributed by atoms with Gasteiger partial charge >= 0.3 is 0 Å². The lowest BCUT2D eigenvalue weighted by atomic mass is 9.92. The van der Waals surface area contributed by atoms with Gasteiger partial charge in [-0.1, -0.05) is 6.92 Å². The van der Waals surface area contributed by atoms with Crippen molar-refractivity contribution in [2.75, 3.05) is 13.1 Å². The summed E-state index contributed by atoms with van der Waals surface area (Å²) in [4.78, 5) is 21.6. The summed E-state index contributed by atoms with van der Waals surface area (Å²) in [5.41, 5.74) is 3.81. The molecule has 2 N–H and O–H groups in total. The number of nitrogens with one attached hydrogen (secondary N) is 2. The maximum absolute atomic E-state index is 12.6. The van der Waals surface area contributed by atoms with Crippen molar-refractivity contribution in [2.24, 2.45) is 0 Å². The number of piperidine rings is 1. The number of nitrogens with zero attached hydrogens (tertiary/aromatic N) is 3. The smallest absolute Gasteiger partial charge is 0.274 e. The van der Waals surface area contributed by atoms with Gasteiger partial charge in [0.1, 0.15) is 5.69 Å². The third-order valence-electron chi connectivity index (χ3n) is 4.28. The van der Waals surface area contributed by atoms with Crippen LogP contribution in [0, 0.1) is 6.92 Å². The molecule has 0 saturated carbocycles. The van der Waals surface area contributed by atoms with Gasteiger partial charge in [0.2, 0.25) is 0 Å². The SMILES string of the molecule is CCc1cn[nH]c1C1CCCN(C(=O)c2nc[nH]c2C)C1. The van der Waals surface area contributed by atoms with Gasteiger partial charge in [-0.25, -0.2) is 4.98 Å². The average molecular weight is 287 g/mol. The number of aromatic amines is 2. The molecule has 21 heavy (non-hydrogen) atoms. The second-order valence-electron chi connectivity index (χ2n) is 5.63. The summed E-state index contributed by atoms with van der Waals surface area (Å²) in [6, 6.07) is 0. The average Bonchev–Trinajstić information content (AvgIpc) is 3.15. The summed E-state index contributed by atoms with van der Waals surface area (Å²) in [6.07, 6.45) is 6.55. The summed E-state index contributed by atoms with van der Waals surface area (Å²) in [5, 5.41) is 7.28. The van der Waals surface area contributed by atoms with Gasteiger partial charge in [-0.3, -0.25) is 9.89 Å². The highest BCUT2D eigenvalue weighted by Crippen LogP contribution is 2.28. The summed E-state index contributed by atoms with van der Waals surface area (Å²) >= 11 is 0. The van der Waals surface area contributed by atoms with Gasteiger partial charge in [0.25, 0.3) is 5.91 Å². The zero-order valence-electron chi connectivity index (χ0n) is 12.5. The molecule has 3 rings (SSSR count). The number of likely N-dealkylation sites (tertiary alicyclic amines) is 1. The van der Waals surface area contributed by atoms with E-state index in [1.807, 2.05) is 18.0 Å². The maximum Gasteiger partial charge on any atom is 0.274 e. The van der Waals surface area contributed by atoms with E-state index in [1.54, 1.807) is 6.33 Å². The van der Waals surface area contributed by atoms with E-state index in [0.717, 1.165) is 38.0 Å². The summed E-state index contributed by atoms with van der Waals surface area (Å²) in [5.74, 6) is 0.371. The Morgan fingerprint density at radius 2 is 2.38 bits per heavy atom. The van der Waals surface area contributed by atoms with E-state index >= 15 is 0 Å². The third kappa shape index (κ3) is 2.57. The molecule has 2 aromatic heterocycles. The van der Waals surface area contributed by atoms with E-state index in [-0.39, 0.29) is 5.91 Å². The second kappa shape index (κ2) is 5.71. The fourth-order valence-electron chi connectivity index (χ4n) is 3.08. The maximum atomic E-state index is 12.6. The molecule has 1 fully saturated rings. The van der Waals surface area contributed by atoms with Crippen molar-refractivity contribution < 1.29 is 4.79 Å². The molecule has 0 spiro atoms. The topological polar surface area (TPSA) is 77.7 Å². The zero-order valence-corrected chi connectivity index (χ0v) is 12.5. The van der Waals surface area contributed by atoms with Crippen molar-refractivity contribution in [2.45, 2.75) is 39.0 Å². The van der Waals surface area contributed by atoms with Crippen LogP contribution < -0.4 is 0 Å². The number of hydrogen-bond acceptors (Lipinski definition) is 3. The standard InChI is InChI=1S/C15H21N5O/c1-3-11-7-18-19-14(11)12-5-4-6-20(8-12)15(21)13-10(2)16-9-17-13/h7,9,12H,3-6,8H2,1-2H3,(H,16,17)(H,18,19). The number of rotatable bonds is 3. The molecule has 1 unspecified atom stereocenters. The Morgan fingerprint density at radius 1 is 1.52 bits per heavy atom. The molecule has 1 amide bonds. The lowest BCUT2D eigenvalue weighted by Crippen LogP contribution is -2.39. The first-order valence-electron chi connectivity index (χ1n) is 7.52. The summed E-state index contributed by atoms with van der Waals surface area (Å²) in [7, 11) is 0. The number of aromatic nitrogens is 4. The lowest BCUT2D eigenvalue weighted by Gasteiger charge is -2.32. The Balaban J connectivity index is 1.77. The molecule has 6 nitrogen and oxygen atoms in total. The highest BCUT2D eigenvalue weighted by atomic mass is 16.2. The van der Waals surface area contributed by atoms with Gasteiger partial charge in [0.05, 0.1) is 12.5 Å². The monoisotopic (exact) mass is 287 g/mol. The van der Waals surface area contributed by atoms with Crippen LogP contribution >= 0.6 is 0 Å². The van der Waals surface area contributed by atoms with Crippen molar-refractivity contribution in [3.63, 3.8) is 0 Å². The zero-order chi connectivity index (χ0) is 14.8.